The van der Waals surface area contributed by atoms with Crippen molar-refractivity contribution in [3.63, 3.8) is 0 Å². The van der Waals surface area contributed by atoms with Crippen LogP contribution in [-0.4, -0.2) is 96.2 Å². The largest absolute Gasteiger partial charge is 0.796 e. The van der Waals surface area contributed by atoms with Crippen molar-refractivity contribution in [2.45, 2.75) is 135 Å². The molecule has 3 aliphatic heterocycles. The van der Waals surface area contributed by atoms with Crippen LogP contribution in [-0.2, 0) is 62.1 Å². The van der Waals surface area contributed by atoms with Crippen LogP contribution in [0.1, 0.15) is 119 Å². The summed E-state index contributed by atoms with van der Waals surface area (Å²) in [5, 5.41) is 8.62. The molecule has 0 amide bonds. The zero-order chi connectivity index (χ0) is 43.1. The van der Waals surface area contributed by atoms with Crippen LogP contribution in [0, 0.1) is 0 Å². The fourth-order valence-electron chi connectivity index (χ4n) is 8.33. The van der Waals surface area contributed by atoms with Gasteiger partial charge < -0.3 is 37.7 Å². The Hall–Kier alpha value is -5.40. The quantitative estimate of drug-likeness (QED) is 0.0421. The Bertz CT molecular complexity index is 2140. The summed E-state index contributed by atoms with van der Waals surface area (Å²) in [5.74, 6) is -3.88. The molecule has 0 radical (unpaired) electrons. The van der Waals surface area contributed by atoms with Crippen molar-refractivity contribution < 1.29 is 65.4 Å². The molecule has 0 unspecified atom stereocenters. The van der Waals surface area contributed by atoms with Gasteiger partial charge in [0.05, 0.1) is 17.3 Å². The van der Waals surface area contributed by atoms with Crippen LogP contribution in [0.25, 0.3) is 11.0 Å². The number of unbranched alkanes of at least 4 members (excludes halogenated alkanes) is 5. The number of ether oxygens (including phenoxy) is 5. The fraction of sp³-hybridized carbons (Fsp3) is 0.600. The summed E-state index contributed by atoms with van der Waals surface area (Å²) in [5.41, 5.74) is 2.11. The first kappa shape index (κ1) is 44.2. The molecule has 6 rings (SSSR count). The van der Waals surface area contributed by atoms with Crippen molar-refractivity contribution in [3.05, 3.63) is 45.1 Å². The summed E-state index contributed by atoms with van der Waals surface area (Å²) in [6, 6.07) is 1.74. The second-order valence-electron chi connectivity index (χ2n) is 15.2. The lowest BCUT2D eigenvalue weighted by Crippen LogP contribution is -2.60. The Balaban J connectivity index is 1.04. The van der Waals surface area contributed by atoms with Gasteiger partial charge in [0.2, 0.25) is 0 Å². The van der Waals surface area contributed by atoms with Crippen LogP contribution in [0.2, 0.25) is 0 Å². The van der Waals surface area contributed by atoms with E-state index in [1.807, 2.05) is 0 Å². The minimum absolute atomic E-state index is 0.0379. The Kier molecular flexibility index (Phi) is 14.6. The highest BCUT2D eigenvalue weighted by Crippen LogP contribution is 2.43. The molecule has 0 spiro atoms. The van der Waals surface area contributed by atoms with E-state index in [-0.39, 0.29) is 24.0 Å². The number of anilines is 1. The molecule has 3 aromatic rings. The number of fused-ring (bicyclic) bond motifs is 2. The van der Waals surface area contributed by atoms with Crippen molar-refractivity contribution in [1.29, 1.82) is 0 Å². The second-order valence-corrected chi connectivity index (χ2v) is 15.2. The van der Waals surface area contributed by atoms with E-state index >= 15 is 0 Å². The van der Waals surface area contributed by atoms with Crippen molar-refractivity contribution >= 4 is 53.8 Å². The Morgan fingerprint density at radius 2 is 1.50 bits per heavy atom. The number of carbonyl (C=O) groups is 5. The van der Waals surface area contributed by atoms with E-state index in [9.17, 15) is 37.4 Å². The molecule has 0 aliphatic carbocycles. The SMILES string of the molecule is CC(=O)OC[C@H]1O[C@@H](n2cc(CCCCCCCCC(=O)c3c(OB(F)F)c4cc5c6c(c4oc3=O)CCCN6CCC5)nn2)[C@H](OC(C)=O)[C@@H](OC(C)=O)[C@@H]1OC(C)=O. The fourth-order valence-corrected chi connectivity index (χ4v) is 8.33. The van der Waals surface area contributed by atoms with Crippen LogP contribution >= 0.6 is 0 Å². The number of aryl methyl sites for hydroxylation is 3. The van der Waals surface area contributed by atoms with E-state index in [0.717, 1.165) is 89.2 Å². The third-order valence-electron chi connectivity index (χ3n) is 10.7. The summed E-state index contributed by atoms with van der Waals surface area (Å²) in [4.78, 5) is 76.9. The van der Waals surface area contributed by atoms with Gasteiger partial charge in [0.25, 0.3) is 0 Å². The van der Waals surface area contributed by atoms with Gasteiger partial charge in [-0.05, 0) is 56.6 Å². The molecule has 5 atom stereocenters. The summed E-state index contributed by atoms with van der Waals surface area (Å²) in [7, 11) is -3.24. The molecule has 1 fully saturated rings. The molecule has 324 valence electrons. The molecule has 60 heavy (non-hydrogen) atoms. The monoisotopic (exact) mass is 842 g/mol. The summed E-state index contributed by atoms with van der Waals surface area (Å²) >= 11 is 0. The van der Waals surface area contributed by atoms with Gasteiger partial charge in [-0.25, -0.2) is 18.1 Å². The van der Waals surface area contributed by atoms with Crippen molar-refractivity contribution in [1.82, 2.24) is 15.0 Å². The maximum absolute atomic E-state index is 13.7. The Morgan fingerprint density at radius 1 is 0.850 bits per heavy atom. The highest BCUT2D eigenvalue weighted by atomic mass is 19.2. The van der Waals surface area contributed by atoms with Crippen molar-refractivity contribution in [2.24, 2.45) is 0 Å². The highest BCUT2D eigenvalue weighted by molar-refractivity contribution is 6.36. The normalized spacial score (nSPS) is 20.8. The smallest absolute Gasteiger partial charge is 0.504 e. The summed E-state index contributed by atoms with van der Waals surface area (Å²) in [6.45, 7) is 5.98. The molecular formula is C40H49BF2N4O13. The molecule has 5 heterocycles. The average molecular weight is 843 g/mol. The number of hydrogen-bond acceptors (Lipinski definition) is 16. The van der Waals surface area contributed by atoms with E-state index in [1.165, 1.54) is 11.6 Å². The van der Waals surface area contributed by atoms with Gasteiger partial charge in [0, 0.05) is 58.5 Å². The lowest BCUT2D eigenvalue weighted by atomic mass is 9.89. The first-order valence-electron chi connectivity index (χ1n) is 20.3. The molecule has 1 saturated heterocycles. The first-order valence-corrected chi connectivity index (χ1v) is 20.3. The minimum Gasteiger partial charge on any atom is -0.504 e. The summed E-state index contributed by atoms with van der Waals surface area (Å²) in [6.07, 6.45) is 3.04. The Labute approximate surface area is 344 Å². The number of carbonyl (C=O) groups excluding carboxylic acids is 5. The predicted molar refractivity (Wildman–Crippen MR) is 208 cm³/mol. The minimum atomic E-state index is -3.24. The molecule has 1 aromatic carbocycles. The highest BCUT2D eigenvalue weighted by Gasteiger charge is 2.53. The van der Waals surface area contributed by atoms with Gasteiger partial charge in [-0.3, -0.25) is 24.0 Å². The number of rotatable bonds is 18. The number of benzene rings is 1. The van der Waals surface area contributed by atoms with Gasteiger partial charge in [-0.1, -0.05) is 30.9 Å². The second kappa shape index (κ2) is 19.8. The number of hydrogen-bond donors (Lipinski definition) is 0. The number of ketones is 1. The van der Waals surface area contributed by atoms with E-state index < -0.39 is 84.7 Å². The lowest BCUT2D eigenvalue weighted by molar-refractivity contribution is -0.270. The van der Waals surface area contributed by atoms with Crippen LogP contribution in [0.15, 0.2) is 21.5 Å². The van der Waals surface area contributed by atoms with E-state index in [0.29, 0.717) is 37.8 Å². The van der Waals surface area contributed by atoms with Crippen LogP contribution in [0.3, 0.4) is 0 Å². The van der Waals surface area contributed by atoms with Crippen LogP contribution in [0.4, 0.5) is 14.3 Å². The summed E-state index contributed by atoms with van der Waals surface area (Å²) < 4.78 is 67.1. The average Bonchev–Trinajstić information content (AvgIpc) is 3.65. The van der Waals surface area contributed by atoms with Crippen LogP contribution < -0.4 is 15.2 Å². The van der Waals surface area contributed by atoms with E-state index in [4.69, 9.17) is 32.8 Å². The molecule has 17 nitrogen and oxygen atoms in total. The van der Waals surface area contributed by atoms with Gasteiger partial charge >= 0.3 is 37.0 Å². The number of nitrogens with zero attached hydrogens (tertiary/aromatic N) is 4. The van der Waals surface area contributed by atoms with Crippen LogP contribution in [0.5, 0.6) is 5.75 Å². The number of halogens is 2. The maximum Gasteiger partial charge on any atom is 0.796 e. The molecule has 0 bridgehead atoms. The van der Waals surface area contributed by atoms with Crippen molar-refractivity contribution in [3.8, 4) is 5.75 Å². The molecule has 20 heteroatoms. The third-order valence-corrected chi connectivity index (χ3v) is 10.7. The number of aromatic nitrogens is 3. The zero-order valence-electron chi connectivity index (χ0n) is 34.1. The first-order chi connectivity index (χ1) is 28.7. The zero-order valence-corrected chi connectivity index (χ0v) is 34.1. The topological polar surface area (TPSA) is 205 Å². The molecule has 0 saturated carbocycles. The number of esters is 4. The number of Topliss-reactive ketones (excluding diaryl/α,β-unsaturated/α-hetero) is 1. The standard InChI is InChI=1S/C40H49BF2N4O13/c1-22(48)54-21-31-36(55-23(2)49)37(56-24(3)50)38(57-25(4)51)39(58-31)47-20-27(44-45-47)14-9-7-5-6-8-10-16-30(52)32-35(60-41(42)43)29-19-26-13-11-17-46-18-12-15-28(33(26)46)34(29)59-40(32)53/h19-20,31,36-39H,5-18,21H2,1-4H3/t31-,36-,37+,38-,39-/m1/s1. The predicted octanol–water partition coefficient (Wildman–Crippen LogP) is 4.80. The molecular weight excluding hydrogens is 793 g/mol. The Morgan fingerprint density at radius 3 is 2.18 bits per heavy atom. The molecule has 0 N–H and O–H groups in total. The lowest BCUT2D eigenvalue weighted by Gasteiger charge is -2.44. The van der Waals surface area contributed by atoms with Gasteiger partial charge in [-0.15, -0.1) is 5.10 Å². The maximum atomic E-state index is 13.7. The van der Waals surface area contributed by atoms with Crippen molar-refractivity contribution in [2.75, 3.05) is 24.6 Å². The van der Waals surface area contributed by atoms with Gasteiger partial charge in [0.15, 0.2) is 30.3 Å². The molecule has 3 aliphatic rings. The molecule has 2 aromatic heterocycles. The van der Waals surface area contributed by atoms with E-state index in [1.54, 1.807) is 12.3 Å². The van der Waals surface area contributed by atoms with Gasteiger partial charge in [0.1, 0.15) is 29.6 Å². The van der Waals surface area contributed by atoms with Gasteiger partial charge in [-0.2, -0.15) is 0 Å². The third kappa shape index (κ3) is 10.5. The van der Waals surface area contributed by atoms with E-state index in [2.05, 4.69) is 15.2 Å².